The van der Waals surface area contributed by atoms with Gasteiger partial charge in [-0.25, -0.2) is 4.79 Å². The molecule has 0 N–H and O–H groups in total. The maximum Gasteiger partial charge on any atom is 0.338 e. The van der Waals surface area contributed by atoms with Gasteiger partial charge in [-0.2, -0.15) is 0 Å². The first-order valence-electron chi connectivity index (χ1n) is 9.66. The van der Waals surface area contributed by atoms with Gasteiger partial charge in [-0.1, -0.05) is 0 Å². The van der Waals surface area contributed by atoms with Crippen LogP contribution in [0.4, 0.5) is 0 Å². The number of nitrogens with zero attached hydrogens (tertiary/aromatic N) is 3. The van der Waals surface area contributed by atoms with Crippen molar-refractivity contribution < 1.29 is 28.2 Å². The molecule has 9 heteroatoms. The van der Waals surface area contributed by atoms with E-state index in [1.54, 1.807) is 55.3 Å². The fraction of sp³-hybridized carbons (Fsp3) is 0.273. The number of hydrogen-bond donors (Lipinski definition) is 0. The van der Waals surface area contributed by atoms with Crippen LogP contribution in [0, 0.1) is 6.92 Å². The van der Waals surface area contributed by atoms with Crippen LogP contribution in [0.25, 0.3) is 11.5 Å². The molecule has 9 nitrogen and oxygen atoms in total. The summed E-state index contributed by atoms with van der Waals surface area (Å²) >= 11 is 0. The van der Waals surface area contributed by atoms with E-state index in [-0.39, 0.29) is 11.5 Å². The molecule has 2 aromatic carbocycles. The third-order valence-corrected chi connectivity index (χ3v) is 4.82. The molecular weight excluding hydrogens is 402 g/mol. The Bertz CT molecular complexity index is 1110. The molecule has 1 aromatic heterocycles. The number of aryl methyl sites for hydroxylation is 1. The summed E-state index contributed by atoms with van der Waals surface area (Å²) in [5.74, 6) is 1.52. The van der Waals surface area contributed by atoms with Crippen molar-refractivity contribution in [2.75, 3.05) is 20.7 Å². The van der Waals surface area contributed by atoms with E-state index in [0.29, 0.717) is 42.0 Å². The van der Waals surface area contributed by atoms with E-state index in [1.165, 1.54) is 13.2 Å². The molecule has 0 radical (unpaired) electrons. The average Bonchev–Trinajstić information content (AvgIpc) is 3.34. The van der Waals surface area contributed by atoms with E-state index < -0.39 is 12.1 Å². The van der Waals surface area contributed by atoms with Gasteiger partial charge in [0.05, 0.1) is 12.7 Å². The fourth-order valence-corrected chi connectivity index (χ4v) is 3.21. The third kappa shape index (κ3) is 4.50. The highest BCUT2D eigenvalue weighted by molar-refractivity contribution is 5.90. The smallest absolute Gasteiger partial charge is 0.338 e. The van der Waals surface area contributed by atoms with Crippen LogP contribution in [0.15, 0.2) is 46.9 Å². The number of rotatable bonds is 6. The van der Waals surface area contributed by atoms with Crippen molar-refractivity contribution in [1.82, 2.24) is 15.1 Å². The number of ether oxygens (including phenoxy) is 3. The number of esters is 1. The highest BCUT2D eigenvalue weighted by Gasteiger charge is 2.31. The average molecular weight is 423 g/mol. The second-order valence-electron chi connectivity index (χ2n) is 7.09. The van der Waals surface area contributed by atoms with Crippen LogP contribution in [0.5, 0.6) is 17.2 Å². The van der Waals surface area contributed by atoms with Gasteiger partial charge in [0.2, 0.25) is 11.8 Å². The van der Waals surface area contributed by atoms with E-state index in [9.17, 15) is 9.59 Å². The maximum atomic E-state index is 12.2. The van der Waals surface area contributed by atoms with Crippen LogP contribution in [0.3, 0.4) is 0 Å². The Morgan fingerprint density at radius 1 is 1.10 bits per heavy atom. The first-order chi connectivity index (χ1) is 14.9. The van der Waals surface area contributed by atoms with Crippen molar-refractivity contribution in [2.45, 2.75) is 19.4 Å². The Morgan fingerprint density at radius 3 is 2.45 bits per heavy atom. The summed E-state index contributed by atoms with van der Waals surface area (Å²) in [6.07, 6.45) is -0.0206. The highest BCUT2D eigenvalue weighted by Crippen LogP contribution is 2.30. The Balaban J connectivity index is 1.56. The molecule has 1 atom stereocenters. The summed E-state index contributed by atoms with van der Waals surface area (Å²) < 4.78 is 22.0. The minimum atomic E-state index is -0.595. The van der Waals surface area contributed by atoms with Crippen LogP contribution < -0.4 is 9.47 Å². The molecule has 1 fully saturated rings. The van der Waals surface area contributed by atoms with Crippen molar-refractivity contribution >= 4 is 11.9 Å². The highest BCUT2D eigenvalue weighted by atomic mass is 16.5. The molecule has 0 unspecified atom stereocenters. The van der Waals surface area contributed by atoms with Gasteiger partial charge < -0.3 is 23.5 Å². The number of aromatic nitrogens is 2. The number of hydrogen-bond acceptors (Lipinski definition) is 8. The quantitative estimate of drug-likeness (QED) is 0.557. The predicted molar refractivity (Wildman–Crippen MR) is 109 cm³/mol. The standard InChI is InChI=1S/C22H21N3O6/c1-13-23-24-20(29-13)14-4-6-16(7-5-14)30-17-10-15(22(27)28-3)11-18(12-17)31-19-8-9-25(2)21(19)26/h4-7,10-12,19H,8-9H2,1-3H3/t19-/m0/s1. The van der Waals surface area contributed by atoms with Crippen LogP contribution >= 0.6 is 0 Å². The van der Waals surface area contributed by atoms with Gasteiger partial charge in [0.15, 0.2) is 6.10 Å². The predicted octanol–water partition coefficient (Wildman–Crippen LogP) is 3.23. The van der Waals surface area contributed by atoms with Crippen LogP contribution in [0.1, 0.15) is 22.7 Å². The number of likely N-dealkylation sites (tertiary alicyclic amines) is 1. The lowest BCUT2D eigenvalue weighted by Gasteiger charge is -2.15. The van der Waals surface area contributed by atoms with Gasteiger partial charge in [0, 0.05) is 38.6 Å². The lowest BCUT2D eigenvalue weighted by atomic mass is 10.2. The summed E-state index contributed by atoms with van der Waals surface area (Å²) in [5.41, 5.74) is 1.01. The molecule has 3 aromatic rings. The largest absolute Gasteiger partial charge is 0.480 e. The van der Waals surface area contributed by atoms with Crippen molar-refractivity contribution in [2.24, 2.45) is 0 Å². The molecule has 0 saturated carbocycles. The number of amides is 1. The Morgan fingerprint density at radius 2 is 1.84 bits per heavy atom. The van der Waals surface area contributed by atoms with Crippen molar-refractivity contribution in [3.8, 4) is 28.7 Å². The third-order valence-electron chi connectivity index (χ3n) is 4.82. The number of likely N-dealkylation sites (N-methyl/N-ethyl adjacent to an activating group) is 1. The van der Waals surface area contributed by atoms with Gasteiger partial charge >= 0.3 is 5.97 Å². The minimum Gasteiger partial charge on any atom is -0.480 e. The molecule has 1 amide bonds. The normalized spacial score (nSPS) is 15.8. The second kappa shape index (κ2) is 8.47. The van der Waals surface area contributed by atoms with Gasteiger partial charge in [-0.05, 0) is 36.4 Å². The monoisotopic (exact) mass is 423 g/mol. The molecule has 1 aliphatic rings. The topological polar surface area (TPSA) is 104 Å². The molecule has 0 aliphatic carbocycles. The molecule has 0 spiro atoms. The van der Waals surface area contributed by atoms with Crippen molar-refractivity contribution in [1.29, 1.82) is 0 Å². The molecular formula is C22H21N3O6. The van der Waals surface area contributed by atoms with Crippen LogP contribution in [-0.4, -0.2) is 53.8 Å². The zero-order valence-corrected chi connectivity index (χ0v) is 17.3. The number of benzene rings is 2. The lowest BCUT2D eigenvalue weighted by Crippen LogP contribution is -2.29. The number of carbonyl (C=O) groups excluding carboxylic acids is 2. The van der Waals surface area contributed by atoms with E-state index in [2.05, 4.69) is 10.2 Å². The zero-order chi connectivity index (χ0) is 22.0. The van der Waals surface area contributed by atoms with E-state index in [0.717, 1.165) is 5.56 Å². The molecule has 1 aliphatic heterocycles. The van der Waals surface area contributed by atoms with Crippen LogP contribution in [-0.2, 0) is 9.53 Å². The Kier molecular flexibility index (Phi) is 5.57. The lowest BCUT2D eigenvalue weighted by molar-refractivity contribution is -0.132. The summed E-state index contributed by atoms with van der Waals surface area (Å²) in [4.78, 5) is 25.9. The Labute approximate surface area is 178 Å². The van der Waals surface area contributed by atoms with E-state index in [1.807, 2.05) is 0 Å². The minimum absolute atomic E-state index is 0.0993. The molecule has 2 heterocycles. The molecule has 4 rings (SSSR count). The molecule has 1 saturated heterocycles. The first-order valence-corrected chi connectivity index (χ1v) is 9.66. The molecule has 160 valence electrons. The van der Waals surface area contributed by atoms with Crippen LogP contribution in [0.2, 0.25) is 0 Å². The zero-order valence-electron chi connectivity index (χ0n) is 17.3. The van der Waals surface area contributed by atoms with Crippen molar-refractivity contribution in [3.63, 3.8) is 0 Å². The van der Waals surface area contributed by atoms with E-state index >= 15 is 0 Å². The molecule has 0 bridgehead atoms. The summed E-state index contributed by atoms with van der Waals surface area (Å²) in [5, 5.41) is 7.80. The summed E-state index contributed by atoms with van der Waals surface area (Å²) in [6, 6.07) is 11.8. The summed E-state index contributed by atoms with van der Waals surface area (Å²) in [6.45, 7) is 2.34. The van der Waals surface area contributed by atoms with E-state index in [4.69, 9.17) is 18.6 Å². The number of carbonyl (C=O) groups is 2. The summed E-state index contributed by atoms with van der Waals surface area (Å²) in [7, 11) is 3.02. The maximum absolute atomic E-state index is 12.2. The molecule has 31 heavy (non-hydrogen) atoms. The Hall–Kier alpha value is -3.88. The fourth-order valence-electron chi connectivity index (χ4n) is 3.21. The SMILES string of the molecule is COC(=O)c1cc(Oc2ccc(-c3nnc(C)o3)cc2)cc(O[C@H]2CCN(C)C2=O)c1. The van der Waals surface area contributed by atoms with Gasteiger partial charge in [-0.15, -0.1) is 10.2 Å². The van der Waals surface area contributed by atoms with Gasteiger partial charge in [0.1, 0.15) is 17.2 Å². The van der Waals surface area contributed by atoms with Gasteiger partial charge in [0.25, 0.3) is 5.91 Å². The first kappa shape index (κ1) is 20.4. The second-order valence-corrected chi connectivity index (χ2v) is 7.09. The van der Waals surface area contributed by atoms with Gasteiger partial charge in [-0.3, -0.25) is 4.79 Å². The van der Waals surface area contributed by atoms with Crippen molar-refractivity contribution in [3.05, 3.63) is 53.9 Å². The number of methoxy groups -OCH3 is 1.